The van der Waals surface area contributed by atoms with E-state index in [0.29, 0.717) is 0 Å². The summed E-state index contributed by atoms with van der Waals surface area (Å²) < 4.78 is 66.8. The second-order valence-electron chi connectivity index (χ2n) is 15.7. The van der Waals surface area contributed by atoms with Crippen LogP contribution in [0.5, 0.6) is 11.5 Å². The van der Waals surface area contributed by atoms with Gasteiger partial charge >= 0.3 is 10.1 Å². The minimum absolute atomic E-state index is 0.0717. The molecule has 0 saturated heterocycles. The maximum absolute atomic E-state index is 12.1. The van der Waals surface area contributed by atoms with Gasteiger partial charge < -0.3 is 13.5 Å². The van der Waals surface area contributed by atoms with Crippen LogP contribution in [0.2, 0.25) is 0 Å². The highest BCUT2D eigenvalue weighted by Crippen LogP contribution is 2.36. The molecular formula is C43H50O7S3. The average Bonchev–Trinajstić information content (AvgIpc) is 3.08. The normalized spacial score (nSPS) is 12.5. The number of methoxy groups -OCH3 is 1. The van der Waals surface area contributed by atoms with E-state index in [1.165, 1.54) is 62.8 Å². The van der Waals surface area contributed by atoms with Gasteiger partial charge in [-0.15, -0.1) is 0 Å². The Balaban J connectivity index is 0.000000251. The summed E-state index contributed by atoms with van der Waals surface area (Å²) in [6.07, 6.45) is 0. The van der Waals surface area contributed by atoms with Gasteiger partial charge in [-0.05, 0) is 93.6 Å². The van der Waals surface area contributed by atoms with Gasteiger partial charge in [-0.25, -0.2) is 8.42 Å². The van der Waals surface area contributed by atoms with Crippen molar-refractivity contribution in [1.82, 2.24) is 0 Å². The van der Waals surface area contributed by atoms with Gasteiger partial charge in [-0.3, -0.25) is 0 Å². The largest absolute Gasteiger partial charge is 0.744 e. The molecule has 0 radical (unpaired) electrons. The molecule has 0 spiro atoms. The zero-order valence-corrected chi connectivity index (χ0v) is 34.6. The Morgan fingerprint density at radius 1 is 0.491 bits per heavy atom. The Kier molecular flexibility index (Phi) is 12.7. The van der Waals surface area contributed by atoms with E-state index < -0.39 is 25.1 Å². The van der Waals surface area contributed by atoms with Crippen LogP contribution in [0.1, 0.15) is 79.0 Å². The number of hydrogen-bond acceptors (Lipinski definition) is 7. The molecule has 7 nitrogen and oxygen atoms in total. The average molecular weight is 775 g/mol. The Labute approximate surface area is 319 Å². The minimum atomic E-state index is -4.68. The van der Waals surface area contributed by atoms with Crippen LogP contribution < -0.4 is 8.92 Å². The minimum Gasteiger partial charge on any atom is -0.744 e. The summed E-state index contributed by atoms with van der Waals surface area (Å²) in [6, 6.07) is 38.1. The highest BCUT2D eigenvalue weighted by atomic mass is 32.2. The predicted molar refractivity (Wildman–Crippen MR) is 213 cm³/mol. The van der Waals surface area contributed by atoms with Gasteiger partial charge in [0, 0.05) is 6.07 Å². The van der Waals surface area contributed by atoms with E-state index in [1.807, 2.05) is 0 Å². The van der Waals surface area contributed by atoms with Crippen molar-refractivity contribution in [3.63, 3.8) is 0 Å². The third-order valence-corrected chi connectivity index (χ3v) is 12.8. The first-order chi connectivity index (χ1) is 24.5. The summed E-state index contributed by atoms with van der Waals surface area (Å²) in [5, 5.41) is 0. The molecular weight excluding hydrogens is 725 g/mol. The molecule has 0 fully saturated rings. The van der Waals surface area contributed by atoms with Crippen molar-refractivity contribution >= 4 is 31.1 Å². The first-order valence-corrected chi connectivity index (χ1v) is 21.2. The van der Waals surface area contributed by atoms with Crippen LogP contribution in [-0.2, 0) is 47.4 Å². The quantitative estimate of drug-likeness (QED) is 0.0877. The number of ether oxygens (including phenoxy) is 1. The van der Waals surface area contributed by atoms with E-state index in [1.54, 1.807) is 6.07 Å². The zero-order valence-electron chi connectivity index (χ0n) is 32.1. The smallest absolute Gasteiger partial charge is 0.339 e. The molecule has 282 valence electrons. The van der Waals surface area contributed by atoms with Crippen molar-refractivity contribution in [1.29, 1.82) is 0 Å². The second-order valence-corrected chi connectivity index (χ2v) is 20.7. The van der Waals surface area contributed by atoms with E-state index in [2.05, 4.69) is 135 Å². The van der Waals surface area contributed by atoms with Crippen molar-refractivity contribution in [2.75, 3.05) is 7.11 Å². The highest BCUT2D eigenvalue weighted by Gasteiger charge is 2.30. The molecule has 0 atom stereocenters. The Bertz CT molecular complexity index is 2060. The van der Waals surface area contributed by atoms with E-state index in [-0.39, 0.29) is 43.5 Å². The van der Waals surface area contributed by atoms with Crippen molar-refractivity contribution in [2.45, 2.75) is 103 Å². The molecule has 5 rings (SSSR count). The molecule has 0 unspecified atom stereocenters. The standard InChI is InChI=1S/C30H39S.C13H12O7S2/c1-28(2,3)22-10-16-25(17-11-22)31(26-18-12-23(13-19-26)29(4,5)6)27-20-14-24(15-21-27)30(7,8)9;1-19-13-9-11(21(14,15)16)7-8-12(13)20-22(17,18)10-5-3-2-4-6-10/h10-21H,1-9H3;2-9H,1H3,(H,14,15,16)/q+1;/p-1. The van der Waals surface area contributed by atoms with Crippen LogP contribution in [-0.4, -0.2) is 28.5 Å². The molecule has 0 aliphatic rings. The van der Waals surface area contributed by atoms with Gasteiger partial charge in [-0.2, -0.15) is 8.42 Å². The molecule has 53 heavy (non-hydrogen) atoms. The van der Waals surface area contributed by atoms with Crippen molar-refractivity contribution in [3.05, 3.63) is 138 Å². The van der Waals surface area contributed by atoms with Crippen molar-refractivity contribution < 1.29 is 30.3 Å². The number of hydrogen-bond donors (Lipinski definition) is 0. The van der Waals surface area contributed by atoms with Crippen LogP contribution in [0, 0.1) is 0 Å². The molecule has 0 aromatic heterocycles. The van der Waals surface area contributed by atoms with E-state index in [4.69, 9.17) is 8.92 Å². The van der Waals surface area contributed by atoms with Gasteiger partial charge in [0.15, 0.2) is 26.2 Å². The van der Waals surface area contributed by atoms with Gasteiger partial charge in [0.25, 0.3) is 0 Å². The van der Waals surface area contributed by atoms with Gasteiger partial charge in [0.2, 0.25) is 0 Å². The van der Waals surface area contributed by atoms with Gasteiger partial charge in [0.1, 0.15) is 15.0 Å². The molecule has 0 aliphatic carbocycles. The molecule has 0 aliphatic heterocycles. The summed E-state index contributed by atoms with van der Waals surface area (Å²) in [6.45, 7) is 20.5. The van der Waals surface area contributed by atoms with Crippen LogP contribution in [0.15, 0.2) is 146 Å². The van der Waals surface area contributed by atoms with Crippen LogP contribution in [0.25, 0.3) is 0 Å². The Hall–Kier alpha value is -4.09. The first-order valence-electron chi connectivity index (χ1n) is 17.2. The topological polar surface area (TPSA) is 110 Å². The third-order valence-electron chi connectivity index (χ3n) is 8.52. The third kappa shape index (κ3) is 11.0. The summed E-state index contributed by atoms with van der Waals surface area (Å²) in [7, 11) is -7.71. The fourth-order valence-corrected chi connectivity index (χ4v) is 8.80. The number of rotatable bonds is 8. The van der Waals surface area contributed by atoms with E-state index >= 15 is 0 Å². The lowest BCUT2D eigenvalue weighted by Crippen LogP contribution is -2.13. The van der Waals surface area contributed by atoms with Crippen LogP contribution in [0.3, 0.4) is 0 Å². The Morgan fingerprint density at radius 3 is 1.19 bits per heavy atom. The molecule has 0 N–H and O–H groups in total. The molecule has 5 aromatic rings. The summed E-state index contributed by atoms with van der Waals surface area (Å²) in [5.74, 6) is -0.407. The SMILES string of the molecule is CC(C)(C)c1ccc([S+](c2ccc(C(C)(C)C)cc2)c2ccc(C(C)(C)C)cc2)cc1.COc1cc(S(=O)(=O)[O-])ccc1OS(=O)(=O)c1ccccc1. The van der Waals surface area contributed by atoms with Gasteiger partial charge in [0.05, 0.1) is 22.9 Å². The molecule has 0 heterocycles. The fraction of sp³-hybridized carbons (Fsp3) is 0.302. The number of benzene rings is 5. The second kappa shape index (κ2) is 16.1. The van der Waals surface area contributed by atoms with Crippen LogP contribution >= 0.6 is 0 Å². The highest BCUT2D eigenvalue weighted by molar-refractivity contribution is 7.97. The van der Waals surface area contributed by atoms with Crippen molar-refractivity contribution in [2.24, 2.45) is 0 Å². The predicted octanol–water partition coefficient (Wildman–Crippen LogP) is 10.0. The lowest BCUT2D eigenvalue weighted by atomic mass is 9.87. The lowest BCUT2D eigenvalue weighted by molar-refractivity contribution is 0.388. The maximum Gasteiger partial charge on any atom is 0.339 e. The van der Waals surface area contributed by atoms with Crippen LogP contribution in [0.4, 0.5) is 0 Å². The summed E-state index contributed by atoms with van der Waals surface area (Å²) in [4.78, 5) is 3.51. The van der Waals surface area contributed by atoms with Gasteiger partial charge in [-0.1, -0.05) is 117 Å². The maximum atomic E-state index is 12.1. The Morgan fingerprint density at radius 2 is 0.868 bits per heavy atom. The molecule has 5 aromatic carbocycles. The zero-order chi connectivity index (χ0) is 39.4. The van der Waals surface area contributed by atoms with E-state index in [9.17, 15) is 21.4 Å². The van der Waals surface area contributed by atoms with Crippen molar-refractivity contribution in [3.8, 4) is 11.5 Å². The summed E-state index contributed by atoms with van der Waals surface area (Å²) in [5.41, 5.74) is 4.64. The fourth-order valence-electron chi connectivity index (χ4n) is 5.31. The molecule has 10 heteroatoms. The molecule has 0 saturated carbocycles. The first kappa shape index (κ1) is 41.7. The van der Waals surface area contributed by atoms with E-state index in [0.717, 1.165) is 18.2 Å². The molecule has 0 bridgehead atoms. The molecule has 0 amide bonds. The summed E-state index contributed by atoms with van der Waals surface area (Å²) >= 11 is 0. The monoisotopic (exact) mass is 774 g/mol. The lowest BCUT2D eigenvalue weighted by Gasteiger charge is -2.21.